The number of hydrogen-bond donors (Lipinski definition) is 0. The normalized spacial score (nSPS) is 23.1. The number of ether oxygens (including phenoxy) is 3. The first kappa shape index (κ1) is 16.2. The first-order valence-corrected chi connectivity index (χ1v) is 7.83. The van der Waals surface area contributed by atoms with Gasteiger partial charge in [-0.3, -0.25) is 0 Å². The van der Waals surface area contributed by atoms with Gasteiger partial charge in [0.05, 0.1) is 12.7 Å². The van der Waals surface area contributed by atoms with Crippen molar-refractivity contribution in [2.24, 2.45) is 5.92 Å². The van der Waals surface area contributed by atoms with Crippen molar-refractivity contribution in [1.82, 2.24) is 0 Å². The summed E-state index contributed by atoms with van der Waals surface area (Å²) in [6.45, 7) is 6.32. The van der Waals surface area contributed by atoms with Crippen molar-refractivity contribution >= 4 is 0 Å². The first-order valence-electron chi connectivity index (χ1n) is 7.83. The molecule has 116 valence electrons. The maximum Gasteiger partial charge on any atom is 0.177 e. The fourth-order valence-electron chi connectivity index (χ4n) is 2.51. The minimum atomic E-state index is -0.175. The van der Waals surface area contributed by atoms with Crippen LogP contribution >= 0.6 is 0 Å². The zero-order valence-corrected chi connectivity index (χ0v) is 13.0. The lowest BCUT2D eigenvalue weighted by Crippen LogP contribution is -2.28. The highest BCUT2D eigenvalue weighted by molar-refractivity contribution is 5.13. The molecule has 0 fully saturated rings. The average molecular weight is 290 g/mol. The van der Waals surface area contributed by atoms with E-state index < -0.39 is 0 Å². The van der Waals surface area contributed by atoms with Gasteiger partial charge in [-0.2, -0.15) is 0 Å². The summed E-state index contributed by atoms with van der Waals surface area (Å²) in [4.78, 5) is 0. The quantitative estimate of drug-likeness (QED) is 0.679. The van der Waals surface area contributed by atoms with Crippen LogP contribution in [0.25, 0.3) is 0 Å². The zero-order chi connectivity index (χ0) is 14.9. The van der Waals surface area contributed by atoms with Gasteiger partial charge in [-0.15, -0.1) is 0 Å². The highest BCUT2D eigenvalue weighted by Crippen LogP contribution is 2.20. The van der Waals surface area contributed by atoms with Gasteiger partial charge in [-0.25, -0.2) is 0 Å². The van der Waals surface area contributed by atoms with Crippen molar-refractivity contribution in [2.45, 2.75) is 45.7 Å². The van der Waals surface area contributed by atoms with Crippen LogP contribution in [-0.4, -0.2) is 25.6 Å². The summed E-state index contributed by atoms with van der Waals surface area (Å²) in [5.74, 6) is 0.479. The van der Waals surface area contributed by atoms with Gasteiger partial charge >= 0.3 is 0 Å². The first-order chi connectivity index (χ1) is 10.3. The highest BCUT2D eigenvalue weighted by atomic mass is 16.7. The van der Waals surface area contributed by atoms with Gasteiger partial charge in [0.25, 0.3) is 0 Å². The van der Waals surface area contributed by atoms with E-state index >= 15 is 0 Å². The van der Waals surface area contributed by atoms with Crippen molar-refractivity contribution in [2.75, 3.05) is 13.2 Å². The fraction of sp³-hybridized carbons (Fsp3) is 0.556. The van der Waals surface area contributed by atoms with Gasteiger partial charge in [0.2, 0.25) is 0 Å². The second kappa shape index (κ2) is 8.98. The maximum atomic E-state index is 5.90. The molecule has 1 aliphatic heterocycles. The van der Waals surface area contributed by atoms with E-state index in [1.54, 1.807) is 0 Å². The Bertz CT molecular complexity index is 416. The van der Waals surface area contributed by atoms with Gasteiger partial charge in [0, 0.05) is 13.2 Å². The Kier molecular flexibility index (Phi) is 6.93. The molecule has 0 bridgehead atoms. The monoisotopic (exact) mass is 290 g/mol. The van der Waals surface area contributed by atoms with Crippen LogP contribution in [0.2, 0.25) is 0 Å². The van der Waals surface area contributed by atoms with Crippen LogP contribution in [0.15, 0.2) is 42.5 Å². The Morgan fingerprint density at radius 3 is 2.86 bits per heavy atom. The molecule has 2 rings (SSSR count). The highest BCUT2D eigenvalue weighted by Gasteiger charge is 2.20. The molecule has 0 unspecified atom stereocenters. The molecule has 0 spiro atoms. The van der Waals surface area contributed by atoms with E-state index in [1.165, 1.54) is 5.56 Å². The fourth-order valence-corrected chi connectivity index (χ4v) is 2.51. The van der Waals surface area contributed by atoms with Crippen LogP contribution in [0.3, 0.4) is 0 Å². The molecule has 3 nitrogen and oxygen atoms in total. The van der Waals surface area contributed by atoms with E-state index in [2.05, 4.69) is 25.1 Å². The van der Waals surface area contributed by atoms with E-state index in [1.807, 2.05) is 31.2 Å². The van der Waals surface area contributed by atoms with Gasteiger partial charge in [0.1, 0.15) is 0 Å². The van der Waals surface area contributed by atoms with Gasteiger partial charge in [-0.05, 0) is 37.3 Å². The van der Waals surface area contributed by atoms with Crippen LogP contribution in [-0.2, 0) is 20.8 Å². The van der Waals surface area contributed by atoms with Crippen LogP contribution in [0.4, 0.5) is 0 Å². The molecule has 1 aromatic carbocycles. The average Bonchev–Trinajstić information content (AvgIpc) is 2.49. The van der Waals surface area contributed by atoms with Crippen molar-refractivity contribution < 1.29 is 14.2 Å². The summed E-state index contributed by atoms with van der Waals surface area (Å²) >= 11 is 0. The largest absolute Gasteiger partial charge is 0.376 e. The van der Waals surface area contributed by atoms with Crippen LogP contribution in [0.5, 0.6) is 0 Å². The van der Waals surface area contributed by atoms with Gasteiger partial charge in [-0.1, -0.05) is 43.3 Å². The summed E-state index contributed by atoms with van der Waals surface area (Å²) < 4.78 is 17.2. The molecule has 1 aliphatic rings. The second-order valence-electron chi connectivity index (χ2n) is 5.59. The van der Waals surface area contributed by atoms with E-state index in [0.717, 1.165) is 19.4 Å². The standard InChI is InChI=1S/C18H26O3/c1-3-20-18-11-7-10-17(21-18)12-15(2)13-19-14-16-8-5-4-6-9-16/h4-9,11,15,17-18H,3,10,12-14H2,1-2H3/t15-,17+,18+/m1/s1. The topological polar surface area (TPSA) is 27.7 Å². The minimum Gasteiger partial charge on any atom is -0.376 e. The lowest BCUT2D eigenvalue weighted by molar-refractivity contribution is -0.150. The summed E-state index contributed by atoms with van der Waals surface area (Å²) in [6, 6.07) is 10.3. The SMILES string of the molecule is CCO[C@@H]1C=CC[C@@H](C[C@@H](C)COCc2ccccc2)O1. The summed E-state index contributed by atoms with van der Waals surface area (Å²) in [7, 11) is 0. The molecule has 1 heterocycles. The molecular formula is C18H26O3. The second-order valence-corrected chi connectivity index (χ2v) is 5.59. The minimum absolute atomic E-state index is 0.175. The lowest BCUT2D eigenvalue weighted by atomic mass is 10.0. The van der Waals surface area contributed by atoms with Crippen molar-refractivity contribution in [3.63, 3.8) is 0 Å². The maximum absolute atomic E-state index is 5.90. The molecule has 0 radical (unpaired) electrons. The predicted octanol–water partition coefficient (Wildman–Crippen LogP) is 3.94. The summed E-state index contributed by atoms with van der Waals surface area (Å²) in [6.07, 6.45) is 6.19. The van der Waals surface area contributed by atoms with E-state index in [9.17, 15) is 0 Å². The van der Waals surface area contributed by atoms with Gasteiger partial charge < -0.3 is 14.2 Å². The van der Waals surface area contributed by atoms with E-state index in [-0.39, 0.29) is 12.4 Å². The third-order valence-corrected chi connectivity index (χ3v) is 3.53. The Labute approximate surface area is 127 Å². The van der Waals surface area contributed by atoms with E-state index in [4.69, 9.17) is 14.2 Å². The summed E-state index contributed by atoms with van der Waals surface area (Å²) in [5.41, 5.74) is 1.22. The molecule has 0 amide bonds. The third-order valence-electron chi connectivity index (χ3n) is 3.53. The molecule has 0 saturated heterocycles. The number of hydrogen-bond acceptors (Lipinski definition) is 3. The number of rotatable bonds is 8. The smallest absolute Gasteiger partial charge is 0.177 e. The van der Waals surface area contributed by atoms with Crippen molar-refractivity contribution in [3.05, 3.63) is 48.0 Å². The Hall–Kier alpha value is -1.16. The summed E-state index contributed by atoms with van der Waals surface area (Å²) in [5, 5.41) is 0. The van der Waals surface area contributed by atoms with Crippen LogP contribution < -0.4 is 0 Å². The predicted molar refractivity (Wildman–Crippen MR) is 83.9 cm³/mol. The van der Waals surface area contributed by atoms with E-state index in [0.29, 0.717) is 19.1 Å². The van der Waals surface area contributed by atoms with Crippen LogP contribution in [0.1, 0.15) is 32.3 Å². The molecule has 0 N–H and O–H groups in total. The van der Waals surface area contributed by atoms with Crippen molar-refractivity contribution in [3.8, 4) is 0 Å². The third kappa shape index (κ3) is 6.00. The lowest BCUT2D eigenvalue weighted by Gasteiger charge is -2.27. The Balaban J connectivity index is 1.65. The molecule has 21 heavy (non-hydrogen) atoms. The molecule has 1 aromatic rings. The molecule has 0 saturated carbocycles. The number of benzene rings is 1. The molecule has 0 aromatic heterocycles. The molecule has 0 aliphatic carbocycles. The zero-order valence-electron chi connectivity index (χ0n) is 13.0. The van der Waals surface area contributed by atoms with Gasteiger partial charge in [0.15, 0.2) is 6.29 Å². The van der Waals surface area contributed by atoms with Crippen molar-refractivity contribution in [1.29, 1.82) is 0 Å². The van der Waals surface area contributed by atoms with Crippen LogP contribution in [0, 0.1) is 5.92 Å². The Morgan fingerprint density at radius 2 is 2.10 bits per heavy atom. The molecule has 3 atom stereocenters. The Morgan fingerprint density at radius 1 is 1.29 bits per heavy atom. The molecule has 3 heteroatoms. The molecular weight excluding hydrogens is 264 g/mol.